The van der Waals surface area contributed by atoms with Crippen LogP contribution in [0.25, 0.3) is 22.5 Å². The maximum Gasteiger partial charge on any atom is 0.305 e. The first-order chi connectivity index (χ1) is 16.1. The molecule has 4 aromatic rings. The number of methoxy groups -OCH3 is 1. The van der Waals surface area contributed by atoms with E-state index in [2.05, 4.69) is 24.8 Å². The van der Waals surface area contributed by atoms with Crippen molar-refractivity contribution < 1.29 is 18.7 Å². The van der Waals surface area contributed by atoms with Crippen LogP contribution in [0.3, 0.4) is 0 Å². The third-order valence-electron chi connectivity index (χ3n) is 5.11. The molecule has 172 valence electrons. The topological polar surface area (TPSA) is 131 Å². The van der Waals surface area contributed by atoms with Crippen molar-refractivity contribution in [2.75, 3.05) is 19.5 Å². The smallest absolute Gasteiger partial charge is 0.305 e. The predicted molar refractivity (Wildman–Crippen MR) is 121 cm³/mol. The van der Waals surface area contributed by atoms with E-state index in [1.54, 1.807) is 23.2 Å². The molecule has 0 fully saturated rings. The largest absolute Gasteiger partial charge is 0.478 e. The maximum atomic E-state index is 11.1. The van der Waals surface area contributed by atoms with E-state index in [1.165, 1.54) is 7.11 Å². The molecular formula is C23H26N6O4. The molecule has 0 aliphatic carbocycles. The van der Waals surface area contributed by atoms with Crippen molar-refractivity contribution in [1.29, 1.82) is 0 Å². The number of nitrogen functional groups attached to an aromatic ring is 1. The predicted octanol–water partition coefficient (Wildman–Crippen LogP) is 3.61. The summed E-state index contributed by atoms with van der Waals surface area (Å²) < 4.78 is 17.6. The first kappa shape index (κ1) is 22.3. The number of ether oxygens (including phenoxy) is 2. The number of anilines is 1. The van der Waals surface area contributed by atoms with Gasteiger partial charge in [-0.2, -0.15) is 10.1 Å². The van der Waals surface area contributed by atoms with Crippen molar-refractivity contribution in [2.45, 2.75) is 38.6 Å². The van der Waals surface area contributed by atoms with Crippen LogP contribution in [0.2, 0.25) is 0 Å². The molecule has 0 aromatic carbocycles. The van der Waals surface area contributed by atoms with Crippen LogP contribution in [0.4, 0.5) is 5.95 Å². The van der Waals surface area contributed by atoms with Crippen LogP contribution >= 0.6 is 0 Å². The average Bonchev–Trinajstić information content (AvgIpc) is 3.49. The number of nitrogens with zero attached hydrogens (tertiary/aromatic N) is 5. The Labute approximate surface area is 190 Å². The molecule has 0 aliphatic heterocycles. The van der Waals surface area contributed by atoms with Crippen LogP contribution in [-0.2, 0) is 16.1 Å². The Morgan fingerprint density at radius 3 is 2.79 bits per heavy atom. The molecule has 4 rings (SSSR count). The summed E-state index contributed by atoms with van der Waals surface area (Å²) in [6.07, 6.45) is 7.41. The number of carbonyl (C=O) groups is 1. The van der Waals surface area contributed by atoms with Crippen LogP contribution in [0.1, 0.15) is 37.8 Å². The summed E-state index contributed by atoms with van der Waals surface area (Å²) in [6.45, 7) is 0.970. The van der Waals surface area contributed by atoms with Gasteiger partial charge in [-0.15, -0.1) is 0 Å². The molecule has 0 amide bonds. The van der Waals surface area contributed by atoms with Gasteiger partial charge in [0.15, 0.2) is 11.4 Å². The second-order valence-electron chi connectivity index (χ2n) is 7.50. The normalized spacial score (nSPS) is 11.1. The molecule has 0 saturated carbocycles. The fourth-order valence-corrected chi connectivity index (χ4v) is 3.47. The number of hydrogen-bond donors (Lipinski definition) is 1. The van der Waals surface area contributed by atoms with E-state index in [0.29, 0.717) is 42.6 Å². The Balaban J connectivity index is 1.36. The second-order valence-corrected chi connectivity index (χ2v) is 7.50. The number of nitrogens with two attached hydrogens (primary N) is 1. The zero-order valence-corrected chi connectivity index (χ0v) is 18.4. The highest BCUT2D eigenvalue weighted by Gasteiger charge is 2.16. The van der Waals surface area contributed by atoms with E-state index >= 15 is 0 Å². The fourth-order valence-electron chi connectivity index (χ4n) is 3.47. The molecule has 0 saturated heterocycles. The summed E-state index contributed by atoms with van der Waals surface area (Å²) >= 11 is 0. The molecule has 0 atom stereocenters. The minimum absolute atomic E-state index is 0.146. The highest BCUT2D eigenvalue weighted by Crippen LogP contribution is 2.27. The van der Waals surface area contributed by atoms with E-state index in [1.807, 2.05) is 24.3 Å². The molecule has 2 N–H and O–H groups in total. The lowest BCUT2D eigenvalue weighted by Crippen LogP contribution is -2.07. The van der Waals surface area contributed by atoms with Crippen molar-refractivity contribution in [2.24, 2.45) is 0 Å². The number of rotatable bonds is 11. The van der Waals surface area contributed by atoms with Gasteiger partial charge in [-0.3, -0.25) is 4.79 Å². The van der Waals surface area contributed by atoms with Crippen molar-refractivity contribution in [3.63, 3.8) is 0 Å². The zero-order chi connectivity index (χ0) is 23.0. The van der Waals surface area contributed by atoms with Crippen LogP contribution in [-0.4, -0.2) is 44.4 Å². The van der Waals surface area contributed by atoms with E-state index < -0.39 is 0 Å². The number of carbonyl (C=O) groups excluding carboxylic acids is 1. The van der Waals surface area contributed by atoms with Crippen molar-refractivity contribution in [3.05, 3.63) is 48.5 Å². The third kappa shape index (κ3) is 5.65. The first-order valence-corrected chi connectivity index (χ1v) is 10.8. The van der Waals surface area contributed by atoms with Gasteiger partial charge in [-0.05, 0) is 31.0 Å². The Bertz CT molecular complexity index is 1210. The minimum Gasteiger partial charge on any atom is -0.478 e. The summed E-state index contributed by atoms with van der Waals surface area (Å²) in [5, 5.41) is 5.21. The number of hydrogen-bond acceptors (Lipinski definition) is 9. The van der Waals surface area contributed by atoms with Crippen molar-refractivity contribution >= 4 is 23.0 Å². The highest BCUT2D eigenvalue weighted by atomic mass is 16.5. The second kappa shape index (κ2) is 10.6. The van der Waals surface area contributed by atoms with Gasteiger partial charge in [-0.25, -0.2) is 14.6 Å². The molecular weight excluding hydrogens is 424 g/mol. The summed E-state index contributed by atoms with van der Waals surface area (Å²) in [6, 6.07) is 9.25. The van der Waals surface area contributed by atoms with E-state index in [9.17, 15) is 4.79 Å². The Kier molecular flexibility index (Phi) is 7.13. The van der Waals surface area contributed by atoms with Crippen molar-refractivity contribution in [1.82, 2.24) is 24.7 Å². The van der Waals surface area contributed by atoms with Gasteiger partial charge in [0.2, 0.25) is 11.8 Å². The molecule has 10 nitrogen and oxygen atoms in total. The molecule has 10 heteroatoms. The van der Waals surface area contributed by atoms with Gasteiger partial charge in [0, 0.05) is 12.5 Å². The average molecular weight is 450 g/mol. The minimum atomic E-state index is -0.163. The molecule has 0 spiro atoms. The molecule has 0 bridgehead atoms. The summed E-state index contributed by atoms with van der Waals surface area (Å²) in [7, 11) is 1.41. The number of furan rings is 1. The summed E-state index contributed by atoms with van der Waals surface area (Å²) in [4.78, 5) is 24.4. The Hall–Kier alpha value is -3.95. The fraction of sp³-hybridized carbons (Fsp3) is 0.348. The van der Waals surface area contributed by atoms with Crippen LogP contribution in [0.15, 0.2) is 47.2 Å². The van der Waals surface area contributed by atoms with Gasteiger partial charge in [0.1, 0.15) is 5.69 Å². The molecule has 0 radical (unpaired) electrons. The lowest BCUT2D eigenvalue weighted by Gasteiger charge is -2.08. The quantitative estimate of drug-likeness (QED) is 0.269. The molecule has 33 heavy (non-hydrogen) atoms. The van der Waals surface area contributed by atoms with E-state index in [4.69, 9.17) is 14.9 Å². The monoisotopic (exact) mass is 450 g/mol. The van der Waals surface area contributed by atoms with Gasteiger partial charge in [0.05, 0.1) is 43.8 Å². The van der Waals surface area contributed by atoms with Crippen LogP contribution in [0.5, 0.6) is 5.88 Å². The van der Waals surface area contributed by atoms with Gasteiger partial charge >= 0.3 is 5.97 Å². The molecule has 0 unspecified atom stereocenters. The summed E-state index contributed by atoms with van der Waals surface area (Å²) in [5.41, 5.74) is 7.93. The van der Waals surface area contributed by atoms with Gasteiger partial charge in [0.25, 0.3) is 0 Å². The Morgan fingerprint density at radius 1 is 1.09 bits per heavy atom. The van der Waals surface area contributed by atoms with Gasteiger partial charge in [-0.1, -0.05) is 18.9 Å². The van der Waals surface area contributed by atoms with Crippen molar-refractivity contribution in [3.8, 4) is 17.3 Å². The Morgan fingerprint density at radius 2 is 1.97 bits per heavy atom. The van der Waals surface area contributed by atoms with Gasteiger partial charge < -0.3 is 19.6 Å². The zero-order valence-electron chi connectivity index (χ0n) is 18.4. The van der Waals surface area contributed by atoms with E-state index in [-0.39, 0.29) is 11.9 Å². The van der Waals surface area contributed by atoms with Crippen LogP contribution < -0.4 is 10.5 Å². The maximum absolute atomic E-state index is 11.1. The summed E-state index contributed by atoms with van der Waals surface area (Å²) in [5.74, 6) is 1.15. The van der Waals surface area contributed by atoms with E-state index in [0.717, 1.165) is 36.8 Å². The molecule has 0 aliphatic rings. The highest BCUT2D eigenvalue weighted by molar-refractivity contribution is 5.89. The lowest BCUT2D eigenvalue weighted by molar-refractivity contribution is -0.140. The first-order valence-electron chi connectivity index (χ1n) is 10.8. The number of unbranched alkanes of at least 4 members (excludes halogenated alkanes) is 3. The number of pyridine rings is 1. The number of esters is 1. The number of aromatic nitrogens is 5. The molecule has 4 heterocycles. The molecule has 4 aromatic heterocycles. The van der Waals surface area contributed by atoms with Crippen LogP contribution in [0, 0.1) is 0 Å². The lowest BCUT2D eigenvalue weighted by atomic mass is 10.1. The number of fused-ring (bicyclic) bond motifs is 1. The third-order valence-corrected chi connectivity index (χ3v) is 5.11. The standard InChI is InChI=1S/C23H26N6O4/c1-31-20(30)11-4-2-3-5-12-33-19-10-6-8-16(26-19)15-29-22-17(14-25-29)21(27-23(24)28-22)18-9-7-13-32-18/h6-10,13-14H,2-5,11-12,15H2,1H3,(H2,24,27,28). The SMILES string of the molecule is COC(=O)CCCCCCOc1cccc(Cn2ncc3c(-c4ccco4)nc(N)nc32)n1.